The molecule has 7 heteroatoms. The van der Waals surface area contributed by atoms with E-state index in [1.807, 2.05) is 12.4 Å². The summed E-state index contributed by atoms with van der Waals surface area (Å²) in [5, 5.41) is 7.14. The summed E-state index contributed by atoms with van der Waals surface area (Å²) in [7, 11) is 0. The van der Waals surface area contributed by atoms with Crippen LogP contribution in [0.3, 0.4) is 0 Å². The molecule has 0 saturated heterocycles. The van der Waals surface area contributed by atoms with Gasteiger partial charge in [-0.05, 0) is 18.4 Å². The van der Waals surface area contributed by atoms with E-state index in [9.17, 15) is 4.79 Å². The quantitative estimate of drug-likeness (QED) is 0.779. The normalized spacial score (nSPS) is 17.4. The monoisotopic (exact) mass is 296 g/mol. The van der Waals surface area contributed by atoms with Crippen LogP contribution in [0.2, 0.25) is 0 Å². The average molecular weight is 296 g/mol. The summed E-state index contributed by atoms with van der Waals surface area (Å²) >= 11 is 0. The van der Waals surface area contributed by atoms with Crippen LogP contribution in [0.4, 0.5) is 0 Å². The highest BCUT2D eigenvalue weighted by Crippen LogP contribution is 2.18. The molecule has 4 rings (SSSR count). The van der Waals surface area contributed by atoms with Gasteiger partial charge in [-0.25, -0.2) is 14.5 Å². The number of aromatic nitrogens is 5. The highest BCUT2D eigenvalue weighted by atomic mass is 16.1. The van der Waals surface area contributed by atoms with Gasteiger partial charge in [0.1, 0.15) is 11.4 Å². The number of nitrogens with one attached hydrogen (secondary N) is 1. The van der Waals surface area contributed by atoms with Crippen molar-refractivity contribution in [3.8, 4) is 0 Å². The number of amides is 1. The Bertz CT molecular complexity index is 820. The second kappa shape index (κ2) is 5.25. The van der Waals surface area contributed by atoms with Gasteiger partial charge in [-0.15, -0.1) is 0 Å². The molecule has 0 saturated carbocycles. The fourth-order valence-corrected chi connectivity index (χ4v) is 2.91. The molecule has 1 amide bonds. The van der Waals surface area contributed by atoms with E-state index in [-0.39, 0.29) is 5.91 Å². The number of carbonyl (C=O) groups excluding carboxylic acids is 1. The van der Waals surface area contributed by atoms with E-state index >= 15 is 0 Å². The van der Waals surface area contributed by atoms with Crippen molar-refractivity contribution in [2.24, 2.45) is 5.92 Å². The van der Waals surface area contributed by atoms with Gasteiger partial charge in [-0.2, -0.15) is 5.10 Å². The van der Waals surface area contributed by atoms with Crippen LogP contribution in [0, 0.1) is 5.92 Å². The van der Waals surface area contributed by atoms with Crippen molar-refractivity contribution in [2.75, 3.05) is 6.54 Å². The van der Waals surface area contributed by atoms with E-state index in [4.69, 9.17) is 0 Å². The second-order valence-electron chi connectivity index (χ2n) is 5.55. The third-order valence-corrected chi connectivity index (χ3v) is 4.13. The zero-order chi connectivity index (χ0) is 14.9. The number of hydrogen-bond acceptors (Lipinski definition) is 4. The van der Waals surface area contributed by atoms with Crippen LogP contribution in [0.1, 0.15) is 22.6 Å². The van der Waals surface area contributed by atoms with Crippen LogP contribution in [0.5, 0.6) is 0 Å². The largest absolute Gasteiger partial charge is 0.352 e. The molecule has 0 radical (unpaired) electrons. The van der Waals surface area contributed by atoms with Crippen LogP contribution in [0.15, 0.2) is 37.1 Å². The predicted molar refractivity (Wildman–Crippen MR) is 79.4 cm³/mol. The minimum Gasteiger partial charge on any atom is -0.352 e. The van der Waals surface area contributed by atoms with Crippen molar-refractivity contribution in [2.45, 2.75) is 19.4 Å². The van der Waals surface area contributed by atoms with Crippen molar-refractivity contribution in [3.05, 3.63) is 48.4 Å². The first kappa shape index (κ1) is 13.0. The summed E-state index contributed by atoms with van der Waals surface area (Å²) < 4.78 is 3.78. The fraction of sp³-hybridized carbons (Fsp3) is 0.333. The van der Waals surface area contributed by atoms with Crippen LogP contribution in [0.25, 0.3) is 5.65 Å². The number of aryl methyl sites for hydroxylation is 1. The summed E-state index contributed by atoms with van der Waals surface area (Å²) in [5.41, 5.74) is 1.09. The van der Waals surface area contributed by atoms with Gasteiger partial charge < -0.3 is 9.88 Å². The minimum atomic E-state index is -0.123. The van der Waals surface area contributed by atoms with Crippen molar-refractivity contribution < 1.29 is 4.79 Å². The Kier molecular flexibility index (Phi) is 3.10. The summed E-state index contributed by atoms with van der Waals surface area (Å²) in [6.45, 7) is 1.62. The molecule has 1 N–H and O–H groups in total. The lowest BCUT2D eigenvalue weighted by Crippen LogP contribution is -2.33. The summed E-state index contributed by atoms with van der Waals surface area (Å²) in [6, 6.07) is 1.78. The standard InChI is InChI=1S/C15H16N6O/c22-15(12-10-19-21-5-1-3-17-14(12)21)18-9-11-2-6-20-7-4-16-13(20)8-11/h1,3-5,7,10-11H,2,6,8-9H2,(H,18,22)/t11-/m0/s1. The Morgan fingerprint density at radius 2 is 2.27 bits per heavy atom. The molecular weight excluding hydrogens is 280 g/mol. The summed E-state index contributed by atoms with van der Waals surface area (Å²) in [4.78, 5) is 20.9. The zero-order valence-electron chi connectivity index (χ0n) is 12.0. The third kappa shape index (κ3) is 2.24. The molecule has 3 aromatic heterocycles. The molecule has 1 atom stereocenters. The summed E-state index contributed by atoms with van der Waals surface area (Å²) in [6.07, 6.45) is 10.8. The second-order valence-corrected chi connectivity index (χ2v) is 5.55. The molecule has 0 bridgehead atoms. The van der Waals surface area contributed by atoms with E-state index in [2.05, 4.69) is 25.0 Å². The molecule has 22 heavy (non-hydrogen) atoms. The number of imidazole rings is 1. The lowest BCUT2D eigenvalue weighted by Gasteiger charge is -2.23. The van der Waals surface area contributed by atoms with Gasteiger partial charge in [0.05, 0.1) is 6.20 Å². The van der Waals surface area contributed by atoms with Crippen LogP contribution >= 0.6 is 0 Å². The first-order chi connectivity index (χ1) is 10.8. The maximum atomic E-state index is 12.3. The highest BCUT2D eigenvalue weighted by Gasteiger charge is 2.21. The van der Waals surface area contributed by atoms with E-state index in [0.717, 1.165) is 25.2 Å². The molecule has 1 aliphatic rings. The van der Waals surface area contributed by atoms with E-state index in [0.29, 0.717) is 23.7 Å². The molecule has 0 spiro atoms. The molecule has 0 aliphatic carbocycles. The summed E-state index contributed by atoms with van der Waals surface area (Å²) in [5.74, 6) is 1.40. The maximum absolute atomic E-state index is 12.3. The van der Waals surface area contributed by atoms with Crippen LogP contribution in [-0.4, -0.2) is 36.6 Å². The fourth-order valence-electron chi connectivity index (χ4n) is 2.91. The molecule has 112 valence electrons. The lowest BCUT2D eigenvalue weighted by atomic mass is 9.98. The number of nitrogens with zero attached hydrogens (tertiary/aromatic N) is 5. The van der Waals surface area contributed by atoms with Crippen molar-refractivity contribution in [3.63, 3.8) is 0 Å². The molecule has 0 unspecified atom stereocenters. The van der Waals surface area contributed by atoms with Gasteiger partial charge in [0.15, 0.2) is 5.65 Å². The van der Waals surface area contributed by atoms with Crippen LogP contribution < -0.4 is 5.32 Å². The minimum absolute atomic E-state index is 0.123. The number of carbonyl (C=O) groups is 1. The van der Waals surface area contributed by atoms with Gasteiger partial charge >= 0.3 is 0 Å². The van der Waals surface area contributed by atoms with E-state index in [1.54, 1.807) is 29.2 Å². The zero-order valence-corrected chi connectivity index (χ0v) is 12.0. The Morgan fingerprint density at radius 1 is 1.32 bits per heavy atom. The maximum Gasteiger partial charge on any atom is 0.256 e. The Hall–Kier alpha value is -2.70. The predicted octanol–water partition coefficient (Wildman–Crippen LogP) is 0.918. The van der Waals surface area contributed by atoms with E-state index in [1.165, 1.54) is 0 Å². The number of hydrogen-bond donors (Lipinski definition) is 1. The Balaban J connectivity index is 1.43. The topological polar surface area (TPSA) is 77.1 Å². The number of rotatable bonds is 3. The van der Waals surface area contributed by atoms with Gasteiger partial charge in [-0.3, -0.25) is 4.79 Å². The Labute approximate surface area is 127 Å². The lowest BCUT2D eigenvalue weighted by molar-refractivity contribution is 0.0946. The Morgan fingerprint density at radius 3 is 3.23 bits per heavy atom. The van der Waals surface area contributed by atoms with Crippen molar-refractivity contribution in [1.29, 1.82) is 0 Å². The molecular formula is C15H16N6O. The smallest absolute Gasteiger partial charge is 0.256 e. The van der Waals surface area contributed by atoms with Gasteiger partial charge in [0, 0.05) is 44.3 Å². The third-order valence-electron chi connectivity index (χ3n) is 4.13. The van der Waals surface area contributed by atoms with Gasteiger partial charge in [0.25, 0.3) is 5.91 Å². The van der Waals surface area contributed by atoms with Gasteiger partial charge in [-0.1, -0.05) is 0 Å². The van der Waals surface area contributed by atoms with Crippen molar-refractivity contribution >= 4 is 11.6 Å². The first-order valence-corrected chi connectivity index (χ1v) is 7.38. The molecule has 0 fully saturated rings. The first-order valence-electron chi connectivity index (χ1n) is 7.38. The van der Waals surface area contributed by atoms with Crippen LogP contribution in [-0.2, 0) is 13.0 Å². The molecule has 1 aliphatic heterocycles. The molecule has 3 aromatic rings. The van der Waals surface area contributed by atoms with Gasteiger partial charge in [0.2, 0.25) is 0 Å². The molecule has 0 aromatic carbocycles. The SMILES string of the molecule is O=C(NC[C@H]1CCn2ccnc2C1)c1cnn2cccnc12. The van der Waals surface area contributed by atoms with E-state index < -0.39 is 0 Å². The average Bonchev–Trinajstić information content (AvgIpc) is 3.18. The molecule has 7 nitrogen and oxygen atoms in total. The highest BCUT2D eigenvalue weighted by molar-refractivity contribution is 5.99. The molecule has 4 heterocycles. The number of fused-ring (bicyclic) bond motifs is 2. The van der Waals surface area contributed by atoms with Crippen molar-refractivity contribution in [1.82, 2.24) is 29.5 Å².